The van der Waals surface area contributed by atoms with E-state index in [1.807, 2.05) is 0 Å². The van der Waals surface area contributed by atoms with Crippen LogP contribution in [0.25, 0.3) is 11.1 Å². The van der Waals surface area contributed by atoms with Crippen molar-refractivity contribution in [2.75, 3.05) is 6.61 Å². The van der Waals surface area contributed by atoms with Crippen molar-refractivity contribution in [3.63, 3.8) is 0 Å². The zero-order valence-corrected chi connectivity index (χ0v) is 9.80. The van der Waals surface area contributed by atoms with E-state index in [2.05, 4.69) is 54.0 Å². The van der Waals surface area contributed by atoms with Crippen LogP contribution in [-0.4, -0.2) is 13.0 Å². The first-order chi connectivity index (χ1) is 8.93. The fourth-order valence-electron chi connectivity index (χ4n) is 2.72. The van der Waals surface area contributed by atoms with Crippen molar-refractivity contribution >= 4 is 0 Å². The molecule has 1 N–H and O–H groups in total. The lowest BCUT2D eigenvalue weighted by atomic mass is 9.98. The quantitative estimate of drug-likeness (QED) is 0.837. The van der Waals surface area contributed by atoms with Gasteiger partial charge in [0.25, 0.3) is 6.41 Å². The van der Waals surface area contributed by atoms with Crippen molar-refractivity contribution in [1.29, 1.82) is 0 Å². The van der Waals surface area contributed by atoms with Gasteiger partial charge in [0.1, 0.15) is 0 Å². The highest BCUT2D eigenvalue weighted by molar-refractivity contribution is 5.78. The molecule has 90 valence electrons. The molecule has 4 rings (SSSR count). The SMILES string of the molecule is c1ccc2c(c1)-c1ccccc1C2COC1NO1. The Balaban J connectivity index is 1.76. The summed E-state index contributed by atoms with van der Waals surface area (Å²) < 4.78 is 5.62. The van der Waals surface area contributed by atoms with Crippen molar-refractivity contribution in [3.05, 3.63) is 59.7 Å². The van der Waals surface area contributed by atoms with Crippen molar-refractivity contribution in [2.45, 2.75) is 12.3 Å². The second kappa shape index (κ2) is 3.92. The van der Waals surface area contributed by atoms with E-state index < -0.39 is 0 Å². The number of fused-ring (bicyclic) bond motifs is 3. The molecule has 1 fully saturated rings. The molecule has 3 nitrogen and oxygen atoms in total. The molecule has 0 amide bonds. The Labute approximate surface area is 105 Å². The van der Waals surface area contributed by atoms with E-state index in [0.29, 0.717) is 12.5 Å². The first-order valence-corrected chi connectivity index (χ1v) is 6.14. The Kier molecular flexibility index (Phi) is 2.23. The van der Waals surface area contributed by atoms with Crippen LogP contribution < -0.4 is 5.48 Å². The molecular formula is C15H13NO2. The summed E-state index contributed by atoms with van der Waals surface area (Å²) in [5, 5.41) is 0. The summed E-state index contributed by atoms with van der Waals surface area (Å²) >= 11 is 0. The van der Waals surface area contributed by atoms with Crippen molar-refractivity contribution < 1.29 is 9.57 Å². The Bertz CT molecular complexity index is 547. The van der Waals surface area contributed by atoms with Crippen LogP contribution in [0, 0.1) is 0 Å². The van der Waals surface area contributed by atoms with E-state index in [0.717, 1.165) is 0 Å². The maximum absolute atomic E-state index is 5.62. The molecule has 2 aliphatic rings. The summed E-state index contributed by atoms with van der Waals surface area (Å²) in [4.78, 5) is 4.87. The lowest BCUT2D eigenvalue weighted by Gasteiger charge is -2.12. The standard InChI is InChI=1S/C15H13NO2/c1-3-7-12-10(5-1)11-6-2-4-8-13(11)14(12)9-17-15-16-18-15/h1-8,14-16H,9H2. The predicted molar refractivity (Wildman–Crippen MR) is 67.7 cm³/mol. The summed E-state index contributed by atoms with van der Waals surface area (Å²) in [6, 6.07) is 17.1. The third-order valence-electron chi connectivity index (χ3n) is 3.59. The number of hydrogen-bond donors (Lipinski definition) is 1. The number of hydroxylamine groups is 1. The smallest absolute Gasteiger partial charge is 0.256 e. The largest absolute Gasteiger partial charge is 0.336 e. The summed E-state index contributed by atoms with van der Waals surface area (Å²) in [7, 11) is 0. The van der Waals surface area contributed by atoms with E-state index in [4.69, 9.17) is 9.57 Å². The molecule has 1 heterocycles. The van der Waals surface area contributed by atoms with E-state index >= 15 is 0 Å². The van der Waals surface area contributed by atoms with Crippen LogP contribution >= 0.6 is 0 Å². The third-order valence-corrected chi connectivity index (χ3v) is 3.59. The van der Waals surface area contributed by atoms with Crippen LogP contribution in [-0.2, 0) is 9.57 Å². The molecule has 0 saturated carbocycles. The Morgan fingerprint density at radius 3 is 2.06 bits per heavy atom. The molecule has 18 heavy (non-hydrogen) atoms. The molecular weight excluding hydrogens is 226 g/mol. The highest BCUT2D eigenvalue weighted by atomic mass is 16.9. The van der Waals surface area contributed by atoms with Crippen molar-refractivity contribution in [3.8, 4) is 11.1 Å². The minimum Gasteiger partial charge on any atom is -0.336 e. The van der Waals surface area contributed by atoms with Crippen molar-refractivity contribution in [1.82, 2.24) is 5.48 Å². The van der Waals surface area contributed by atoms with Crippen LogP contribution in [0.2, 0.25) is 0 Å². The van der Waals surface area contributed by atoms with Crippen LogP contribution in [0.1, 0.15) is 17.0 Å². The summed E-state index contributed by atoms with van der Waals surface area (Å²) in [5.41, 5.74) is 8.03. The first kappa shape index (κ1) is 10.3. The number of nitrogens with one attached hydrogen (secondary N) is 1. The normalized spacial score (nSPS) is 20.6. The zero-order valence-electron chi connectivity index (χ0n) is 9.80. The van der Waals surface area contributed by atoms with Gasteiger partial charge in [0.05, 0.1) is 6.61 Å². The molecule has 3 heteroatoms. The molecule has 0 radical (unpaired) electrons. The Morgan fingerprint density at radius 2 is 1.50 bits per heavy atom. The molecule has 0 aromatic heterocycles. The van der Waals surface area contributed by atoms with Gasteiger partial charge in [0.2, 0.25) is 0 Å². The average Bonchev–Trinajstić information content (AvgIpc) is 3.20. The molecule has 0 bridgehead atoms. The van der Waals surface area contributed by atoms with E-state index in [1.165, 1.54) is 22.3 Å². The van der Waals surface area contributed by atoms with Gasteiger partial charge in [-0.3, -0.25) is 0 Å². The van der Waals surface area contributed by atoms with Gasteiger partial charge in [-0.15, -0.1) is 5.48 Å². The van der Waals surface area contributed by atoms with Gasteiger partial charge in [-0.2, -0.15) is 0 Å². The number of hydrogen-bond acceptors (Lipinski definition) is 3. The molecule has 0 spiro atoms. The minimum absolute atomic E-state index is 0.218. The second-order valence-corrected chi connectivity index (χ2v) is 4.63. The van der Waals surface area contributed by atoms with E-state index in [1.54, 1.807) is 0 Å². The van der Waals surface area contributed by atoms with Crippen LogP contribution in [0.5, 0.6) is 0 Å². The fourth-order valence-corrected chi connectivity index (χ4v) is 2.72. The molecule has 2 aromatic rings. The average molecular weight is 239 g/mol. The first-order valence-electron chi connectivity index (χ1n) is 6.14. The predicted octanol–water partition coefficient (Wildman–Crippen LogP) is 2.63. The monoisotopic (exact) mass is 239 g/mol. The maximum atomic E-state index is 5.62. The van der Waals surface area contributed by atoms with Gasteiger partial charge in [0, 0.05) is 5.92 Å². The summed E-state index contributed by atoms with van der Waals surface area (Å²) in [6.07, 6.45) is -0.218. The van der Waals surface area contributed by atoms with Gasteiger partial charge in [0.15, 0.2) is 0 Å². The van der Waals surface area contributed by atoms with Crippen LogP contribution in [0.4, 0.5) is 0 Å². The van der Waals surface area contributed by atoms with Gasteiger partial charge in [-0.25, -0.2) is 4.84 Å². The summed E-state index contributed by atoms with van der Waals surface area (Å²) in [5.74, 6) is 0.309. The van der Waals surface area contributed by atoms with E-state index in [-0.39, 0.29) is 6.41 Å². The van der Waals surface area contributed by atoms with E-state index in [9.17, 15) is 0 Å². The lowest BCUT2D eigenvalue weighted by molar-refractivity contribution is 0.0463. The van der Waals surface area contributed by atoms with Crippen LogP contribution in [0.3, 0.4) is 0 Å². The van der Waals surface area contributed by atoms with Crippen molar-refractivity contribution in [2.24, 2.45) is 0 Å². The van der Waals surface area contributed by atoms with Gasteiger partial charge >= 0.3 is 0 Å². The molecule has 2 aromatic carbocycles. The third kappa shape index (κ3) is 1.56. The number of ether oxygens (including phenoxy) is 1. The topological polar surface area (TPSA) is 43.7 Å². The summed E-state index contributed by atoms with van der Waals surface area (Å²) in [6.45, 7) is 0.645. The maximum Gasteiger partial charge on any atom is 0.256 e. The number of rotatable bonds is 3. The molecule has 1 unspecified atom stereocenters. The molecule has 1 atom stereocenters. The zero-order chi connectivity index (χ0) is 11.9. The van der Waals surface area contributed by atoms with Gasteiger partial charge in [-0.05, 0) is 22.3 Å². The van der Waals surface area contributed by atoms with Gasteiger partial charge < -0.3 is 4.74 Å². The minimum atomic E-state index is -0.218. The molecule has 1 aliphatic heterocycles. The highest BCUT2D eigenvalue weighted by Crippen LogP contribution is 2.44. The van der Waals surface area contributed by atoms with Gasteiger partial charge in [-0.1, -0.05) is 48.5 Å². The Morgan fingerprint density at radius 1 is 0.944 bits per heavy atom. The highest BCUT2D eigenvalue weighted by Gasteiger charge is 2.31. The molecule has 1 saturated heterocycles. The lowest BCUT2D eigenvalue weighted by Crippen LogP contribution is -2.09. The Hall–Kier alpha value is -1.68. The second-order valence-electron chi connectivity index (χ2n) is 4.63. The van der Waals surface area contributed by atoms with Crippen LogP contribution in [0.15, 0.2) is 48.5 Å². The number of benzene rings is 2. The molecule has 1 aliphatic carbocycles. The fraction of sp³-hybridized carbons (Fsp3) is 0.200.